The Labute approximate surface area is 242 Å². The first-order valence-electron chi connectivity index (χ1n) is 13.7. The molecule has 4 heterocycles. The number of aromatic nitrogens is 3. The second kappa shape index (κ2) is 11.1. The quantitative estimate of drug-likeness (QED) is 0.237. The van der Waals surface area contributed by atoms with Crippen molar-refractivity contribution in [2.75, 3.05) is 48.0 Å². The fourth-order valence-corrected chi connectivity index (χ4v) is 5.82. The van der Waals surface area contributed by atoms with Crippen LogP contribution in [0, 0.1) is 0 Å². The second-order valence-corrected chi connectivity index (χ2v) is 13.6. The third kappa shape index (κ3) is 6.04. The Morgan fingerprint density at radius 1 is 1.21 bits per heavy atom. The highest BCUT2D eigenvalue weighted by Gasteiger charge is 2.48. The molecule has 226 valence electrons. The number of H-pyrrole nitrogens is 1. The topological polar surface area (TPSA) is 141 Å². The summed E-state index contributed by atoms with van der Waals surface area (Å²) in [4.78, 5) is 59.3. The third-order valence-corrected chi connectivity index (χ3v) is 8.02. The third-order valence-electron chi connectivity index (χ3n) is 7.48. The van der Waals surface area contributed by atoms with E-state index >= 15 is 0 Å². The number of ketones is 1. The van der Waals surface area contributed by atoms with E-state index in [4.69, 9.17) is 4.74 Å². The molecule has 0 spiro atoms. The fraction of sp³-hybridized carbons (Fsp3) is 0.538. The van der Waals surface area contributed by atoms with Crippen LogP contribution in [0.3, 0.4) is 0 Å². The Kier molecular flexibility index (Phi) is 7.87. The number of piperazine rings is 1. The van der Waals surface area contributed by atoms with E-state index in [1.54, 1.807) is 9.80 Å². The standard InChI is InChI=1S/C26H32F3N7O5Si/c1-14(37)21-17(11-31-33-23(21)39)32-25(2,42)13-41-8-5-20(38)34-6-7-35-19(12-34)24(40)36(16-3-4-16)18-9-15(26(27,28)29)10-30-22(18)35/h9-11,16,19H,3-8,12-13H2,1-2,42H3,(H2,32,33,39)/t19?,25-/m0/s1. The number of carbonyl (C=O) groups excluding carboxylic acids is 3. The van der Waals surface area contributed by atoms with Gasteiger partial charge >= 0.3 is 6.18 Å². The molecule has 1 aliphatic carbocycles. The highest BCUT2D eigenvalue weighted by atomic mass is 28.1. The lowest BCUT2D eigenvalue weighted by Gasteiger charge is -2.47. The van der Waals surface area contributed by atoms with Crippen molar-refractivity contribution in [3.63, 3.8) is 0 Å². The molecular weight excluding hydrogens is 575 g/mol. The van der Waals surface area contributed by atoms with Crippen molar-refractivity contribution in [2.24, 2.45) is 0 Å². The minimum atomic E-state index is -4.58. The minimum Gasteiger partial charge on any atom is -0.379 e. The molecule has 2 aromatic heterocycles. The summed E-state index contributed by atoms with van der Waals surface area (Å²) in [6.07, 6.45) is -0.937. The van der Waals surface area contributed by atoms with Crippen molar-refractivity contribution in [3.8, 4) is 0 Å². The monoisotopic (exact) mass is 607 g/mol. The summed E-state index contributed by atoms with van der Waals surface area (Å²) in [5, 5.41) is 8.59. The van der Waals surface area contributed by atoms with Crippen molar-refractivity contribution in [1.29, 1.82) is 0 Å². The van der Waals surface area contributed by atoms with Gasteiger partial charge in [-0.15, -0.1) is 0 Å². The number of ether oxygens (including phenoxy) is 1. The molecule has 12 nitrogen and oxygen atoms in total. The number of Topliss-reactive ketones (excluding diaryl/α,β-unsaturated/α-hetero) is 1. The van der Waals surface area contributed by atoms with E-state index in [0.29, 0.717) is 34.6 Å². The number of pyridine rings is 1. The lowest BCUT2D eigenvalue weighted by atomic mass is 10.0. The molecule has 2 fully saturated rings. The summed E-state index contributed by atoms with van der Waals surface area (Å²) in [6, 6.07) is 0.101. The van der Waals surface area contributed by atoms with E-state index in [0.717, 1.165) is 12.3 Å². The maximum absolute atomic E-state index is 13.5. The van der Waals surface area contributed by atoms with Crippen molar-refractivity contribution in [2.45, 2.75) is 56.5 Å². The minimum absolute atomic E-state index is 0.0162. The van der Waals surface area contributed by atoms with Gasteiger partial charge in [0, 0.05) is 40.7 Å². The zero-order valence-corrected chi connectivity index (χ0v) is 25.5. The molecule has 0 radical (unpaired) electrons. The summed E-state index contributed by atoms with van der Waals surface area (Å²) in [5.41, 5.74) is -1.02. The maximum atomic E-state index is 13.5. The molecule has 16 heteroatoms. The zero-order chi connectivity index (χ0) is 30.4. The van der Waals surface area contributed by atoms with Gasteiger partial charge in [-0.3, -0.25) is 19.2 Å². The molecule has 42 heavy (non-hydrogen) atoms. The smallest absolute Gasteiger partial charge is 0.379 e. The highest BCUT2D eigenvalue weighted by Crippen LogP contribution is 2.44. The number of amides is 2. The van der Waals surface area contributed by atoms with Gasteiger partial charge in [-0.2, -0.15) is 18.3 Å². The van der Waals surface area contributed by atoms with Crippen LogP contribution in [0.25, 0.3) is 0 Å². The number of hydrogen-bond donors (Lipinski definition) is 2. The van der Waals surface area contributed by atoms with Gasteiger partial charge in [-0.25, -0.2) is 10.1 Å². The van der Waals surface area contributed by atoms with Crippen LogP contribution in [0.5, 0.6) is 0 Å². The predicted octanol–water partition coefficient (Wildman–Crippen LogP) is 0.513. The van der Waals surface area contributed by atoms with Gasteiger partial charge in [-0.05, 0) is 32.8 Å². The Balaban J connectivity index is 1.19. The lowest BCUT2D eigenvalue weighted by Crippen LogP contribution is -2.64. The summed E-state index contributed by atoms with van der Waals surface area (Å²) in [5.74, 6) is -0.589. The summed E-state index contributed by atoms with van der Waals surface area (Å²) < 4.78 is 45.9. The average molecular weight is 608 g/mol. The van der Waals surface area contributed by atoms with Gasteiger partial charge in [0.05, 0.1) is 49.3 Å². The predicted molar refractivity (Wildman–Crippen MR) is 150 cm³/mol. The molecule has 3 aliphatic rings. The second-order valence-electron chi connectivity index (χ2n) is 11.4. The van der Waals surface area contributed by atoms with E-state index in [1.165, 1.54) is 18.0 Å². The fourth-order valence-electron chi connectivity index (χ4n) is 5.35. The zero-order valence-electron chi connectivity index (χ0n) is 23.5. The van der Waals surface area contributed by atoms with Gasteiger partial charge in [-0.1, -0.05) is 0 Å². The van der Waals surface area contributed by atoms with Crippen molar-refractivity contribution in [1.82, 2.24) is 20.1 Å². The SMILES string of the molecule is CC(=O)c1c(N[C@@](C)([SiH3])COCCC(=O)N2CCN3c4ncc(C(F)(F)F)cc4N(C4CC4)C(=O)C3C2)cn[nH]c1=O. The summed E-state index contributed by atoms with van der Waals surface area (Å²) >= 11 is 0. The first-order valence-corrected chi connectivity index (χ1v) is 14.7. The number of anilines is 3. The summed E-state index contributed by atoms with van der Waals surface area (Å²) in [7, 11) is 0.580. The molecule has 0 bridgehead atoms. The molecule has 0 aromatic carbocycles. The lowest BCUT2D eigenvalue weighted by molar-refractivity contribution is -0.138. The van der Waals surface area contributed by atoms with Crippen molar-refractivity contribution in [3.05, 3.63) is 39.9 Å². The Hall–Kier alpha value is -3.79. The molecule has 1 unspecified atom stereocenters. The molecule has 1 saturated heterocycles. The first kappa shape index (κ1) is 29.7. The van der Waals surface area contributed by atoms with Crippen LogP contribution in [0.2, 0.25) is 0 Å². The normalized spacial score (nSPS) is 20.2. The Bertz CT molecular complexity index is 1460. The van der Waals surface area contributed by atoms with Gasteiger partial charge < -0.3 is 24.8 Å². The Morgan fingerprint density at radius 3 is 2.62 bits per heavy atom. The van der Waals surface area contributed by atoms with E-state index in [1.807, 2.05) is 6.92 Å². The van der Waals surface area contributed by atoms with Crippen LogP contribution in [-0.4, -0.2) is 98.0 Å². The van der Waals surface area contributed by atoms with Gasteiger partial charge in [0.25, 0.3) is 11.5 Å². The maximum Gasteiger partial charge on any atom is 0.417 e. The largest absolute Gasteiger partial charge is 0.417 e. The van der Waals surface area contributed by atoms with Crippen LogP contribution >= 0.6 is 0 Å². The summed E-state index contributed by atoms with van der Waals surface area (Å²) in [6.45, 7) is 4.15. The van der Waals surface area contributed by atoms with E-state index in [-0.39, 0.29) is 68.4 Å². The van der Waals surface area contributed by atoms with Crippen LogP contribution in [0.1, 0.15) is 49.0 Å². The number of fused-ring (bicyclic) bond motifs is 3. The van der Waals surface area contributed by atoms with Crippen LogP contribution < -0.4 is 20.7 Å². The average Bonchev–Trinajstić information content (AvgIpc) is 3.75. The van der Waals surface area contributed by atoms with Gasteiger partial charge in [0.1, 0.15) is 11.6 Å². The molecular formula is C26H32F3N7O5Si. The number of hydrogen-bond acceptors (Lipinski definition) is 9. The Morgan fingerprint density at radius 2 is 1.95 bits per heavy atom. The van der Waals surface area contributed by atoms with E-state index in [9.17, 15) is 32.3 Å². The van der Waals surface area contributed by atoms with Crippen LogP contribution in [-0.2, 0) is 20.5 Å². The molecule has 2 aliphatic heterocycles. The number of halogens is 3. The molecule has 2 N–H and O–H groups in total. The number of aromatic amines is 1. The molecule has 2 atom stereocenters. The molecule has 5 rings (SSSR count). The number of alkyl halides is 3. The first-order chi connectivity index (χ1) is 19.8. The molecule has 2 amide bonds. The highest BCUT2D eigenvalue weighted by molar-refractivity contribution is 6.17. The number of carbonyl (C=O) groups is 3. The van der Waals surface area contributed by atoms with Crippen LogP contribution in [0.15, 0.2) is 23.3 Å². The van der Waals surface area contributed by atoms with Crippen molar-refractivity contribution < 1.29 is 32.3 Å². The molecule has 2 aromatic rings. The van der Waals surface area contributed by atoms with E-state index < -0.39 is 34.3 Å². The van der Waals surface area contributed by atoms with Crippen molar-refractivity contribution >= 4 is 45.0 Å². The van der Waals surface area contributed by atoms with E-state index in [2.05, 4.69) is 20.5 Å². The van der Waals surface area contributed by atoms with Gasteiger partial charge in [0.2, 0.25) is 5.91 Å². The number of nitrogens with one attached hydrogen (secondary N) is 2. The van der Waals surface area contributed by atoms with Crippen LogP contribution in [0.4, 0.5) is 30.4 Å². The number of rotatable bonds is 9. The number of nitrogens with zero attached hydrogens (tertiary/aromatic N) is 5. The molecule has 1 saturated carbocycles. The van der Waals surface area contributed by atoms with Gasteiger partial charge in [0.15, 0.2) is 11.6 Å².